The second kappa shape index (κ2) is 18.9. The summed E-state index contributed by atoms with van der Waals surface area (Å²) in [6.07, 6.45) is -4.69. The summed E-state index contributed by atoms with van der Waals surface area (Å²) < 4.78 is 66.7. The number of benzene rings is 2. The van der Waals surface area contributed by atoms with E-state index in [1.807, 2.05) is 17.0 Å². The molecule has 2 atom stereocenters. The standard InChI is InChI=1S/C45H65F3N6O8S/c1-41(2,3)59-37(55)33-25-29(17-21-53(33)22-18-49-38(56)60-42(4,5)6)50-31-23-27(45(46,47)48)24-35-36(31)54(40(58)62-44(10,11)12)32-14-13-30(26-34(32)63-35)52-19-15-28(16-20-52)51-39(57)61-43(7,8)9/h13-14,23-24,26,28-29,33,50H,15-22,25H2,1-12H3,(H,49,56)(H,51,57). The van der Waals surface area contributed by atoms with Crippen LogP contribution < -0.4 is 25.8 Å². The van der Waals surface area contributed by atoms with E-state index in [1.165, 1.54) is 4.90 Å². The summed E-state index contributed by atoms with van der Waals surface area (Å²) in [5.74, 6) is -0.503. The molecular formula is C45H65F3N6O8S. The highest BCUT2D eigenvalue weighted by Crippen LogP contribution is 2.54. The Labute approximate surface area is 373 Å². The lowest BCUT2D eigenvalue weighted by Gasteiger charge is -2.41. The summed E-state index contributed by atoms with van der Waals surface area (Å²) >= 11 is 1.13. The maximum absolute atomic E-state index is 14.7. The van der Waals surface area contributed by atoms with Crippen molar-refractivity contribution in [2.75, 3.05) is 47.8 Å². The van der Waals surface area contributed by atoms with Gasteiger partial charge in [-0.15, -0.1) is 0 Å². The van der Waals surface area contributed by atoms with Gasteiger partial charge in [0.2, 0.25) is 0 Å². The zero-order valence-corrected chi connectivity index (χ0v) is 39.4. The van der Waals surface area contributed by atoms with E-state index in [0.717, 1.165) is 29.6 Å². The van der Waals surface area contributed by atoms with Crippen molar-refractivity contribution >= 4 is 58.8 Å². The average molecular weight is 907 g/mol. The van der Waals surface area contributed by atoms with Gasteiger partial charge in [-0.2, -0.15) is 13.2 Å². The van der Waals surface area contributed by atoms with Gasteiger partial charge in [-0.3, -0.25) is 9.69 Å². The first kappa shape index (κ1) is 49.4. The Morgan fingerprint density at radius 2 is 1.30 bits per heavy atom. The molecule has 3 aliphatic rings. The van der Waals surface area contributed by atoms with Gasteiger partial charge in [-0.25, -0.2) is 19.3 Å². The Kier molecular flexibility index (Phi) is 14.8. The topological polar surface area (TPSA) is 151 Å². The second-order valence-corrected chi connectivity index (χ2v) is 21.3. The molecule has 3 heterocycles. The minimum absolute atomic E-state index is 0.0560. The highest BCUT2D eigenvalue weighted by molar-refractivity contribution is 7.99. The number of halogens is 3. The number of amides is 3. The van der Waals surface area contributed by atoms with Crippen LogP contribution in [0.3, 0.4) is 0 Å². The fourth-order valence-electron chi connectivity index (χ4n) is 7.51. The third kappa shape index (κ3) is 14.2. The average Bonchev–Trinajstić information content (AvgIpc) is 3.11. The van der Waals surface area contributed by atoms with Crippen molar-refractivity contribution in [3.05, 3.63) is 35.9 Å². The van der Waals surface area contributed by atoms with Crippen molar-refractivity contribution < 1.29 is 51.3 Å². The lowest BCUT2D eigenvalue weighted by atomic mass is 9.96. The molecule has 2 fully saturated rings. The Morgan fingerprint density at radius 3 is 1.89 bits per heavy atom. The molecule has 3 aliphatic heterocycles. The maximum atomic E-state index is 14.7. The quantitative estimate of drug-likeness (QED) is 0.171. The van der Waals surface area contributed by atoms with E-state index in [2.05, 4.69) is 20.9 Å². The molecular weight excluding hydrogens is 842 g/mol. The van der Waals surface area contributed by atoms with Crippen LogP contribution in [0.2, 0.25) is 0 Å². The normalized spacial score (nSPS) is 19.0. The largest absolute Gasteiger partial charge is 0.459 e. The number of alkyl halides is 3. The Hall–Kier alpha value is -4.58. The fourth-order valence-corrected chi connectivity index (χ4v) is 8.68. The highest BCUT2D eigenvalue weighted by Gasteiger charge is 2.41. The summed E-state index contributed by atoms with van der Waals surface area (Å²) in [4.78, 5) is 58.9. The molecule has 0 radical (unpaired) electrons. The Morgan fingerprint density at radius 1 is 0.714 bits per heavy atom. The molecule has 2 aromatic rings. The Bertz CT molecular complexity index is 2000. The molecule has 2 aromatic carbocycles. The van der Waals surface area contributed by atoms with Crippen LogP contribution in [-0.4, -0.2) is 102 Å². The fraction of sp³-hybridized carbons (Fsp3) is 0.644. The van der Waals surface area contributed by atoms with Crippen molar-refractivity contribution in [2.45, 2.75) is 165 Å². The van der Waals surface area contributed by atoms with Gasteiger partial charge in [0.25, 0.3) is 0 Å². The van der Waals surface area contributed by atoms with Gasteiger partial charge in [0.15, 0.2) is 0 Å². The number of carbonyl (C=O) groups excluding carboxylic acids is 4. The van der Waals surface area contributed by atoms with Crippen LogP contribution >= 0.6 is 11.8 Å². The molecule has 5 rings (SSSR count). The molecule has 3 amide bonds. The van der Waals surface area contributed by atoms with E-state index in [9.17, 15) is 32.3 Å². The summed E-state index contributed by atoms with van der Waals surface area (Å²) in [5, 5.41) is 9.00. The molecule has 0 saturated carbocycles. The zero-order chi connectivity index (χ0) is 46.9. The number of hydrogen-bond donors (Lipinski definition) is 3. The highest BCUT2D eigenvalue weighted by atomic mass is 32.2. The van der Waals surface area contributed by atoms with E-state index in [1.54, 1.807) is 89.2 Å². The maximum Gasteiger partial charge on any atom is 0.419 e. The van der Waals surface area contributed by atoms with Crippen LogP contribution in [-0.2, 0) is 29.9 Å². The first-order valence-corrected chi connectivity index (χ1v) is 22.3. The number of hydrogen-bond acceptors (Lipinski definition) is 12. The number of fused-ring (bicyclic) bond motifs is 2. The third-order valence-corrected chi connectivity index (χ3v) is 11.1. The minimum Gasteiger partial charge on any atom is -0.459 e. The number of alkyl carbamates (subject to hydrolysis) is 2. The van der Waals surface area contributed by atoms with E-state index < -0.39 is 70.5 Å². The number of nitrogens with zero attached hydrogens (tertiary/aromatic N) is 3. The van der Waals surface area contributed by atoms with Crippen molar-refractivity contribution in [1.29, 1.82) is 0 Å². The Balaban J connectivity index is 1.45. The van der Waals surface area contributed by atoms with Gasteiger partial charge in [0, 0.05) is 60.3 Å². The van der Waals surface area contributed by atoms with Gasteiger partial charge >= 0.3 is 30.4 Å². The van der Waals surface area contributed by atoms with Crippen molar-refractivity contribution in [2.24, 2.45) is 0 Å². The SMILES string of the molecule is CC(C)(C)OC(=O)NCCN1CCC(Nc2cc(C(F)(F)F)cc3c2N(C(=O)OC(C)(C)C)c2ccc(N4CCC(NC(=O)OC(C)(C)C)CC4)cc2S3)CC1C(=O)OC(C)(C)C. The molecule has 14 nitrogen and oxygen atoms in total. The van der Waals surface area contributed by atoms with Crippen molar-refractivity contribution in [3.63, 3.8) is 0 Å². The number of carbonyl (C=O) groups is 4. The monoisotopic (exact) mass is 906 g/mol. The molecule has 18 heteroatoms. The number of anilines is 4. The molecule has 2 saturated heterocycles. The predicted octanol–water partition coefficient (Wildman–Crippen LogP) is 9.85. The molecule has 63 heavy (non-hydrogen) atoms. The summed E-state index contributed by atoms with van der Waals surface area (Å²) in [6.45, 7) is 23.1. The van der Waals surface area contributed by atoms with Gasteiger partial charge in [0.1, 0.15) is 28.4 Å². The molecule has 2 unspecified atom stereocenters. The van der Waals surface area contributed by atoms with Gasteiger partial charge in [-0.1, -0.05) is 11.8 Å². The molecule has 0 bridgehead atoms. The number of ether oxygens (including phenoxy) is 4. The van der Waals surface area contributed by atoms with Gasteiger partial charge < -0.3 is 39.8 Å². The van der Waals surface area contributed by atoms with Gasteiger partial charge in [-0.05, 0) is 139 Å². The molecule has 3 N–H and O–H groups in total. The molecule has 0 spiro atoms. The number of likely N-dealkylation sites (tertiary alicyclic amines) is 1. The number of nitrogens with one attached hydrogen (secondary N) is 3. The van der Waals surface area contributed by atoms with Crippen LogP contribution in [0.4, 0.5) is 50.3 Å². The van der Waals surface area contributed by atoms with Crippen LogP contribution in [0, 0.1) is 0 Å². The summed E-state index contributed by atoms with van der Waals surface area (Å²) in [5.41, 5.74) is -2.46. The number of esters is 1. The summed E-state index contributed by atoms with van der Waals surface area (Å²) in [6, 6.07) is 6.17. The second-order valence-electron chi connectivity index (χ2n) is 20.2. The van der Waals surface area contributed by atoms with Crippen LogP contribution in [0.5, 0.6) is 0 Å². The number of piperidine rings is 2. The van der Waals surface area contributed by atoms with E-state index in [-0.39, 0.29) is 41.8 Å². The number of rotatable bonds is 8. The lowest BCUT2D eigenvalue weighted by Crippen LogP contribution is -2.53. The first-order valence-electron chi connectivity index (χ1n) is 21.5. The van der Waals surface area contributed by atoms with Crippen molar-refractivity contribution in [1.82, 2.24) is 15.5 Å². The van der Waals surface area contributed by atoms with Crippen LogP contribution in [0.1, 0.15) is 114 Å². The molecule has 0 aliphatic carbocycles. The van der Waals surface area contributed by atoms with E-state index in [0.29, 0.717) is 49.5 Å². The first-order chi connectivity index (χ1) is 28.9. The van der Waals surface area contributed by atoms with Gasteiger partial charge in [0.05, 0.1) is 22.6 Å². The minimum atomic E-state index is -4.73. The zero-order valence-electron chi connectivity index (χ0n) is 38.6. The van der Waals surface area contributed by atoms with Crippen LogP contribution in [0.15, 0.2) is 40.1 Å². The van der Waals surface area contributed by atoms with E-state index in [4.69, 9.17) is 18.9 Å². The molecule has 350 valence electrons. The summed E-state index contributed by atoms with van der Waals surface area (Å²) in [7, 11) is 0. The lowest BCUT2D eigenvalue weighted by molar-refractivity contribution is -0.163. The third-order valence-electron chi connectivity index (χ3n) is 10.0. The van der Waals surface area contributed by atoms with E-state index >= 15 is 0 Å². The smallest absolute Gasteiger partial charge is 0.419 e. The van der Waals surface area contributed by atoms with Crippen LogP contribution in [0.25, 0.3) is 0 Å². The van der Waals surface area contributed by atoms with Crippen molar-refractivity contribution in [3.8, 4) is 0 Å². The molecule has 0 aromatic heterocycles. The predicted molar refractivity (Wildman–Crippen MR) is 237 cm³/mol.